The van der Waals surface area contributed by atoms with Gasteiger partial charge in [0.15, 0.2) is 0 Å². The molecule has 1 aliphatic heterocycles. The first-order valence-electron chi connectivity index (χ1n) is 5.37. The van der Waals surface area contributed by atoms with Gasteiger partial charge in [0.05, 0.1) is 25.9 Å². The summed E-state index contributed by atoms with van der Waals surface area (Å²) in [6, 6.07) is 8.89. The number of amides is 1. The number of aliphatic hydroxyl groups is 1. The fourth-order valence-electron chi connectivity index (χ4n) is 1.82. The molecule has 94 valence electrons. The summed E-state index contributed by atoms with van der Waals surface area (Å²) in [6.07, 6.45) is 0. The zero-order valence-corrected chi connectivity index (χ0v) is 10.2. The van der Waals surface area contributed by atoms with Crippen molar-refractivity contribution in [3.05, 3.63) is 35.9 Å². The van der Waals surface area contributed by atoms with Gasteiger partial charge < -0.3 is 14.7 Å². The number of ether oxygens (including phenoxy) is 1. The summed E-state index contributed by atoms with van der Waals surface area (Å²) >= 11 is 0. The van der Waals surface area contributed by atoms with Gasteiger partial charge in [0, 0.05) is 12.1 Å². The SMILES string of the molecule is Cl.O=C(c1ccccc1)N1CCOC[C@H]1CO. The number of hydrogen-bond donors (Lipinski definition) is 1. The van der Waals surface area contributed by atoms with E-state index >= 15 is 0 Å². The first kappa shape index (κ1) is 14.0. The van der Waals surface area contributed by atoms with Crippen molar-refractivity contribution in [2.24, 2.45) is 0 Å². The van der Waals surface area contributed by atoms with Crippen molar-refractivity contribution < 1.29 is 14.6 Å². The van der Waals surface area contributed by atoms with Crippen molar-refractivity contribution in [3.8, 4) is 0 Å². The van der Waals surface area contributed by atoms with E-state index in [2.05, 4.69) is 0 Å². The molecule has 1 saturated heterocycles. The number of nitrogens with zero attached hydrogens (tertiary/aromatic N) is 1. The molecule has 17 heavy (non-hydrogen) atoms. The predicted octanol–water partition coefficient (Wildman–Crippen LogP) is 0.942. The second-order valence-corrected chi connectivity index (χ2v) is 3.78. The molecule has 0 bridgehead atoms. The van der Waals surface area contributed by atoms with E-state index in [0.717, 1.165) is 0 Å². The van der Waals surface area contributed by atoms with Crippen molar-refractivity contribution in [3.63, 3.8) is 0 Å². The highest BCUT2D eigenvalue weighted by Crippen LogP contribution is 2.11. The van der Waals surface area contributed by atoms with Crippen molar-refractivity contribution in [1.29, 1.82) is 0 Å². The molecule has 2 rings (SSSR count). The van der Waals surface area contributed by atoms with Crippen molar-refractivity contribution in [2.45, 2.75) is 6.04 Å². The van der Waals surface area contributed by atoms with E-state index in [4.69, 9.17) is 4.74 Å². The maximum absolute atomic E-state index is 12.1. The van der Waals surface area contributed by atoms with Gasteiger partial charge in [-0.1, -0.05) is 18.2 Å². The average molecular weight is 258 g/mol. The molecule has 0 saturated carbocycles. The molecule has 1 amide bonds. The lowest BCUT2D eigenvalue weighted by Crippen LogP contribution is -2.50. The van der Waals surface area contributed by atoms with Gasteiger partial charge in [-0.25, -0.2) is 0 Å². The molecule has 5 heteroatoms. The highest BCUT2D eigenvalue weighted by Gasteiger charge is 2.27. The third kappa shape index (κ3) is 3.19. The topological polar surface area (TPSA) is 49.8 Å². The van der Waals surface area contributed by atoms with Crippen LogP contribution < -0.4 is 0 Å². The van der Waals surface area contributed by atoms with Crippen LogP contribution in [0.1, 0.15) is 10.4 Å². The molecule has 1 fully saturated rings. The fourth-order valence-corrected chi connectivity index (χ4v) is 1.82. The minimum Gasteiger partial charge on any atom is -0.394 e. The molecule has 1 aromatic rings. The van der Waals surface area contributed by atoms with Gasteiger partial charge in [-0.2, -0.15) is 0 Å². The molecule has 4 nitrogen and oxygen atoms in total. The summed E-state index contributed by atoms with van der Waals surface area (Å²) in [4.78, 5) is 13.8. The van der Waals surface area contributed by atoms with Gasteiger partial charge in [0.2, 0.25) is 0 Å². The van der Waals surface area contributed by atoms with Crippen LogP contribution in [0.5, 0.6) is 0 Å². The standard InChI is InChI=1S/C12H15NO3.ClH/c14-8-11-9-16-7-6-13(11)12(15)10-4-2-1-3-5-10;/h1-5,11,14H,6-9H2;1H/t11-;/m1./s1. The molecule has 0 unspecified atom stereocenters. The van der Waals surface area contributed by atoms with Crippen molar-refractivity contribution >= 4 is 18.3 Å². The lowest BCUT2D eigenvalue weighted by atomic mass is 10.1. The Morgan fingerprint density at radius 2 is 2.12 bits per heavy atom. The van der Waals surface area contributed by atoms with E-state index in [1.165, 1.54) is 0 Å². The Labute approximate surface area is 107 Å². The van der Waals surface area contributed by atoms with Gasteiger partial charge in [-0.3, -0.25) is 4.79 Å². The second kappa shape index (κ2) is 6.59. The summed E-state index contributed by atoms with van der Waals surface area (Å²) in [5, 5.41) is 9.18. The molecule has 0 spiro atoms. The van der Waals surface area contributed by atoms with Crippen LogP contribution in [-0.4, -0.2) is 48.3 Å². The Bertz CT molecular complexity index is 358. The Hall–Kier alpha value is -1.10. The molecular weight excluding hydrogens is 242 g/mol. The Morgan fingerprint density at radius 1 is 1.41 bits per heavy atom. The third-order valence-corrected chi connectivity index (χ3v) is 2.72. The monoisotopic (exact) mass is 257 g/mol. The molecule has 1 N–H and O–H groups in total. The number of carbonyl (C=O) groups excluding carboxylic acids is 1. The molecule has 1 aromatic carbocycles. The molecule has 1 atom stereocenters. The van der Waals surface area contributed by atoms with E-state index in [1.807, 2.05) is 18.2 Å². The number of benzene rings is 1. The lowest BCUT2D eigenvalue weighted by molar-refractivity contribution is -0.0183. The van der Waals surface area contributed by atoms with Gasteiger partial charge in [-0.15, -0.1) is 12.4 Å². The predicted molar refractivity (Wildman–Crippen MR) is 66.4 cm³/mol. The van der Waals surface area contributed by atoms with Crippen molar-refractivity contribution in [1.82, 2.24) is 4.90 Å². The maximum atomic E-state index is 12.1. The number of aliphatic hydroxyl groups excluding tert-OH is 1. The molecule has 0 aliphatic carbocycles. The van der Waals surface area contributed by atoms with Crippen LogP contribution in [0.25, 0.3) is 0 Å². The highest BCUT2D eigenvalue weighted by molar-refractivity contribution is 5.94. The summed E-state index contributed by atoms with van der Waals surface area (Å²) in [5.74, 6) is -0.0389. The number of rotatable bonds is 2. The normalized spacial score (nSPS) is 19.6. The van der Waals surface area contributed by atoms with E-state index < -0.39 is 0 Å². The quantitative estimate of drug-likeness (QED) is 0.858. The fraction of sp³-hybridized carbons (Fsp3) is 0.417. The maximum Gasteiger partial charge on any atom is 0.254 e. The Balaban J connectivity index is 0.00000144. The van der Waals surface area contributed by atoms with Gasteiger partial charge in [-0.05, 0) is 12.1 Å². The summed E-state index contributed by atoms with van der Waals surface area (Å²) in [5.41, 5.74) is 0.655. The lowest BCUT2D eigenvalue weighted by Gasteiger charge is -2.34. The van der Waals surface area contributed by atoms with Crippen LogP contribution in [-0.2, 0) is 4.74 Å². The van der Waals surface area contributed by atoms with Gasteiger partial charge in [0.1, 0.15) is 0 Å². The minimum atomic E-state index is -0.221. The number of morpholine rings is 1. The van der Waals surface area contributed by atoms with Crippen LogP contribution >= 0.6 is 12.4 Å². The molecular formula is C12H16ClNO3. The van der Waals surface area contributed by atoms with Crippen LogP contribution in [0.3, 0.4) is 0 Å². The van der Waals surface area contributed by atoms with Crippen LogP contribution in [0, 0.1) is 0 Å². The van der Waals surface area contributed by atoms with E-state index in [-0.39, 0.29) is 31.0 Å². The molecule has 0 aromatic heterocycles. The van der Waals surface area contributed by atoms with Gasteiger partial charge in [0.25, 0.3) is 5.91 Å². The third-order valence-electron chi connectivity index (χ3n) is 2.72. The van der Waals surface area contributed by atoms with Crippen LogP contribution in [0.2, 0.25) is 0 Å². The van der Waals surface area contributed by atoms with E-state index in [0.29, 0.717) is 25.3 Å². The minimum absolute atomic E-state index is 0. The first-order chi connectivity index (χ1) is 7.83. The molecule has 1 aliphatic rings. The Morgan fingerprint density at radius 3 is 2.76 bits per heavy atom. The van der Waals surface area contributed by atoms with E-state index in [9.17, 15) is 9.90 Å². The zero-order valence-electron chi connectivity index (χ0n) is 9.41. The number of halogens is 1. The summed E-state index contributed by atoms with van der Waals surface area (Å²) in [6.45, 7) is 1.43. The molecule has 1 heterocycles. The van der Waals surface area contributed by atoms with Crippen LogP contribution in [0.4, 0.5) is 0 Å². The molecule has 0 radical (unpaired) electrons. The highest BCUT2D eigenvalue weighted by atomic mass is 35.5. The number of carbonyl (C=O) groups is 1. The summed E-state index contributed by atoms with van der Waals surface area (Å²) < 4.78 is 5.24. The van der Waals surface area contributed by atoms with Gasteiger partial charge >= 0.3 is 0 Å². The second-order valence-electron chi connectivity index (χ2n) is 3.78. The smallest absolute Gasteiger partial charge is 0.254 e. The first-order valence-corrected chi connectivity index (χ1v) is 5.37. The van der Waals surface area contributed by atoms with E-state index in [1.54, 1.807) is 17.0 Å². The van der Waals surface area contributed by atoms with Crippen molar-refractivity contribution in [2.75, 3.05) is 26.4 Å². The summed E-state index contributed by atoms with van der Waals surface area (Å²) in [7, 11) is 0. The zero-order chi connectivity index (χ0) is 11.4. The Kier molecular flexibility index (Phi) is 5.41. The number of hydrogen-bond acceptors (Lipinski definition) is 3. The largest absolute Gasteiger partial charge is 0.394 e. The average Bonchev–Trinajstić information content (AvgIpc) is 2.39. The van der Waals surface area contributed by atoms with Crippen LogP contribution in [0.15, 0.2) is 30.3 Å².